The number of carbonyl (C=O) groups excluding carboxylic acids is 1. The largest absolute Gasteiger partial charge is 0.368 e. The Morgan fingerprint density at radius 2 is 2.41 bits per heavy atom. The summed E-state index contributed by atoms with van der Waals surface area (Å²) in [5.41, 5.74) is 5.88. The topological polar surface area (TPSA) is 83.0 Å². The Kier molecular flexibility index (Phi) is 3.24. The van der Waals surface area contributed by atoms with Crippen LogP contribution in [0.5, 0.6) is 0 Å². The van der Waals surface area contributed by atoms with Gasteiger partial charge in [-0.2, -0.15) is 5.26 Å². The average Bonchev–Trinajstić information content (AvgIpc) is 2.38. The van der Waals surface area contributed by atoms with Gasteiger partial charge in [0.25, 0.3) is 0 Å². The van der Waals surface area contributed by atoms with Crippen LogP contribution in [0.4, 0.5) is 5.82 Å². The van der Waals surface area contributed by atoms with Gasteiger partial charge in [-0.25, -0.2) is 4.98 Å². The van der Waals surface area contributed by atoms with Gasteiger partial charge < -0.3 is 10.6 Å². The number of piperidine rings is 1. The first-order chi connectivity index (χ1) is 8.24. The van der Waals surface area contributed by atoms with Gasteiger partial charge in [-0.15, -0.1) is 0 Å². The average molecular weight is 230 g/mol. The smallest absolute Gasteiger partial charge is 0.240 e. The molecule has 5 nitrogen and oxygen atoms in total. The van der Waals surface area contributed by atoms with E-state index in [-0.39, 0.29) is 11.9 Å². The second-order valence-corrected chi connectivity index (χ2v) is 4.09. The lowest BCUT2D eigenvalue weighted by molar-refractivity contribution is -0.119. The minimum Gasteiger partial charge on any atom is -0.368 e. The van der Waals surface area contributed by atoms with Gasteiger partial charge in [0.1, 0.15) is 17.9 Å². The molecule has 2 N–H and O–H groups in total. The van der Waals surface area contributed by atoms with Crippen LogP contribution in [0.3, 0.4) is 0 Å². The number of hydrogen-bond donors (Lipinski definition) is 1. The van der Waals surface area contributed by atoms with Crippen molar-refractivity contribution in [3.05, 3.63) is 23.9 Å². The molecule has 17 heavy (non-hydrogen) atoms. The van der Waals surface area contributed by atoms with E-state index in [1.807, 2.05) is 4.90 Å². The fraction of sp³-hybridized carbons (Fsp3) is 0.417. The number of nitrogens with zero attached hydrogens (tertiary/aromatic N) is 3. The second kappa shape index (κ2) is 4.83. The SMILES string of the molecule is N#Cc1cccnc1N1CCCC[C@H]1C(N)=O. The fourth-order valence-electron chi connectivity index (χ4n) is 2.19. The molecule has 0 unspecified atom stereocenters. The second-order valence-electron chi connectivity index (χ2n) is 4.09. The molecule has 0 spiro atoms. The third-order valence-electron chi connectivity index (χ3n) is 3.01. The summed E-state index contributed by atoms with van der Waals surface area (Å²) < 4.78 is 0. The van der Waals surface area contributed by atoms with E-state index in [9.17, 15) is 4.79 Å². The van der Waals surface area contributed by atoms with Crippen LogP contribution < -0.4 is 10.6 Å². The fourth-order valence-corrected chi connectivity index (χ4v) is 2.19. The van der Waals surface area contributed by atoms with E-state index < -0.39 is 0 Å². The van der Waals surface area contributed by atoms with Crippen molar-refractivity contribution in [1.82, 2.24) is 4.98 Å². The molecule has 88 valence electrons. The van der Waals surface area contributed by atoms with Crippen molar-refractivity contribution in [2.24, 2.45) is 5.73 Å². The predicted molar refractivity (Wildman–Crippen MR) is 63.1 cm³/mol. The van der Waals surface area contributed by atoms with E-state index in [1.54, 1.807) is 18.3 Å². The van der Waals surface area contributed by atoms with Crippen LogP contribution >= 0.6 is 0 Å². The van der Waals surface area contributed by atoms with Gasteiger partial charge in [0.15, 0.2) is 0 Å². The Morgan fingerprint density at radius 3 is 3.12 bits per heavy atom. The van der Waals surface area contributed by atoms with Gasteiger partial charge in [0.05, 0.1) is 5.56 Å². The molecule has 2 rings (SSSR count). The lowest BCUT2D eigenvalue weighted by Gasteiger charge is -2.34. The molecular formula is C12H14N4O. The van der Waals surface area contributed by atoms with Crippen molar-refractivity contribution in [3.63, 3.8) is 0 Å². The molecule has 1 aromatic heterocycles. The molecule has 1 aromatic rings. The van der Waals surface area contributed by atoms with Gasteiger partial charge in [-0.3, -0.25) is 4.79 Å². The first kappa shape index (κ1) is 11.4. The quantitative estimate of drug-likeness (QED) is 0.814. The zero-order chi connectivity index (χ0) is 12.3. The molecule has 1 aliphatic heterocycles. The van der Waals surface area contributed by atoms with Crippen LogP contribution in [0.25, 0.3) is 0 Å². The van der Waals surface area contributed by atoms with Crippen molar-refractivity contribution < 1.29 is 4.79 Å². The van der Waals surface area contributed by atoms with Crippen molar-refractivity contribution in [2.75, 3.05) is 11.4 Å². The summed E-state index contributed by atoms with van der Waals surface area (Å²) in [6.07, 6.45) is 4.34. The molecule has 2 heterocycles. The first-order valence-electron chi connectivity index (χ1n) is 5.65. The highest BCUT2D eigenvalue weighted by Gasteiger charge is 2.29. The van der Waals surface area contributed by atoms with Crippen molar-refractivity contribution in [3.8, 4) is 6.07 Å². The molecule has 1 aliphatic rings. The number of pyridine rings is 1. The van der Waals surface area contributed by atoms with Crippen molar-refractivity contribution >= 4 is 11.7 Å². The minimum atomic E-state index is -0.348. The van der Waals surface area contributed by atoms with Gasteiger partial charge in [-0.1, -0.05) is 0 Å². The van der Waals surface area contributed by atoms with E-state index in [0.717, 1.165) is 25.8 Å². The number of primary amides is 1. The van der Waals surface area contributed by atoms with Gasteiger partial charge in [0.2, 0.25) is 5.91 Å². The van der Waals surface area contributed by atoms with Crippen molar-refractivity contribution in [2.45, 2.75) is 25.3 Å². The van der Waals surface area contributed by atoms with Crippen molar-refractivity contribution in [1.29, 1.82) is 5.26 Å². The Labute approximate surface area is 99.9 Å². The highest BCUT2D eigenvalue weighted by atomic mass is 16.1. The molecule has 1 saturated heterocycles. The van der Waals surface area contributed by atoms with Crippen LogP contribution in [-0.2, 0) is 4.79 Å². The maximum atomic E-state index is 11.4. The summed E-state index contributed by atoms with van der Waals surface area (Å²) >= 11 is 0. The molecular weight excluding hydrogens is 216 g/mol. The molecule has 1 fully saturated rings. The third-order valence-corrected chi connectivity index (χ3v) is 3.01. The molecule has 0 aliphatic carbocycles. The molecule has 0 saturated carbocycles. The number of nitriles is 1. The summed E-state index contributed by atoms with van der Waals surface area (Å²) in [5.74, 6) is 0.220. The van der Waals surface area contributed by atoms with E-state index in [4.69, 9.17) is 11.0 Å². The number of nitrogens with two attached hydrogens (primary N) is 1. The predicted octanol–water partition coefficient (Wildman–Crippen LogP) is 0.797. The van der Waals surface area contributed by atoms with Crippen LogP contribution in [0.15, 0.2) is 18.3 Å². The van der Waals surface area contributed by atoms with E-state index in [0.29, 0.717) is 11.4 Å². The molecule has 0 bridgehead atoms. The Hall–Kier alpha value is -2.09. The Balaban J connectivity index is 2.36. The normalized spacial score (nSPS) is 19.7. The molecule has 1 amide bonds. The number of hydrogen-bond acceptors (Lipinski definition) is 4. The maximum Gasteiger partial charge on any atom is 0.240 e. The summed E-state index contributed by atoms with van der Waals surface area (Å²) in [6.45, 7) is 0.722. The first-order valence-corrected chi connectivity index (χ1v) is 5.65. The van der Waals surface area contributed by atoms with Crippen LogP contribution in [0, 0.1) is 11.3 Å². The van der Waals surface area contributed by atoms with Gasteiger partial charge in [0, 0.05) is 12.7 Å². The molecule has 1 atom stereocenters. The van der Waals surface area contributed by atoms with Crippen LogP contribution in [-0.4, -0.2) is 23.5 Å². The summed E-state index contributed by atoms with van der Waals surface area (Å²) in [6, 6.07) is 5.17. The maximum absolute atomic E-state index is 11.4. The number of anilines is 1. The zero-order valence-electron chi connectivity index (χ0n) is 9.47. The standard InChI is InChI=1S/C12H14N4O/c13-8-9-4-3-6-15-12(9)16-7-2-1-5-10(16)11(14)17/h3-4,6,10H,1-2,5,7H2,(H2,14,17)/t10-/m0/s1. The highest BCUT2D eigenvalue weighted by Crippen LogP contribution is 2.25. The Bertz CT molecular complexity index is 466. The van der Waals surface area contributed by atoms with Gasteiger partial charge in [-0.05, 0) is 31.4 Å². The molecule has 0 radical (unpaired) electrons. The summed E-state index contributed by atoms with van der Waals surface area (Å²) in [7, 11) is 0. The lowest BCUT2D eigenvalue weighted by Crippen LogP contribution is -2.48. The van der Waals surface area contributed by atoms with E-state index in [1.165, 1.54) is 0 Å². The van der Waals surface area contributed by atoms with E-state index >= 15 is 0 Å². The number of rotatable bonds is 2. The molecule has 0 aromatic carbocycles. The number of aromatic nitrogens is 1. The number of carbonyl (C=O) groups is 1. The monoisotopic (exact) mass is 230 g/mol. The number of amides is 1. The van der Waals surface area contributed by atoms with E-state index in [2.05, 4.69) is 11.1 Å². The van der Waals surface area contributed by atoms with Crippen LogP contribution in [0.1, 0.15) is 24.8 Å². The lowest BCUT2D eigenvalue weighted by atomic mass is 10.0. The highest BCUT2D eigenvalue weighted by molar-refractivity contribution is 5.84. The molecule has 5 heteroatoms. The van der Waals surface area contributed by atoms with Crippen LogP contribution in [0.2, 0.25) is 0 Å². The third kappa shape index (κ3) is 2.21. The minimum absolute atomic E-state index is 0.342. The van der Waals surface area contributed by atoms with Gasteiger partial charge >= 0.3 is 0 Å². The summed E-state index contributed by atoms with van der Waals surface area (Å²) in [4.78, 5) is 17.5. The summed E-state index contributed by atoms with van der Waals surface area (Å²) in [5, 5.41) is 9.04. The Morgan fingerprint density at radius 1 is 1.59 bits per heavy atom. The zero-order valence-corrected chi connectivity index (χ0v) is 9.47.